The van der Waals surface area contributed by atoms with Gasteiger partial charge in [-0.2, -0.15) is 0 Å². The third-order valence-corrected chi connectivity index (χ3v) is 4.42. The van der Waals surface area contributed by atoms with Crippen LogP contribution >= 0.6 is 0 Å². The Bertz CT molecular complexity index is 722. The van der Waals surface area contributed by atoms with E-state index < -0.39 is 0 Å². The molecule has 132 valence electrons. The van der Waals surface area contributed by atoms with E-state index in [1.54, 1.807) is 12.1 Å². The van der Waals surface area contributed by atoms with Crippen molar-refractivity contribution in [3.8, 4) is 16.9 Å². The van der Waals surface area contributed by atoms with Gasteiger partial charge in [0.2, 0.25) is 0 Å². The zero-order chi connectivity index (χ0) is 17.8. The van der Waals surface area contributed by atoms with E-state index in [4.69, 9.17) is 14.2 Å². The highest BCUT2D eigenvalue weighted by Gasteiger charge is 2.21. The molecule has 0 amide bonds. The van der Waals surface area contributed by atoms with Crippen LogP contribution in [0.3, 0.4) is 0 Å². The van der Waals surface area contributed by atoms with Gasteiger partial charge in [0.25, 0.3) is 0 Å². The van der Waals surface area contributed by atoms with Gasteiger partial charge in [-0.25, -0.2) is 4.79 Å². The number of carbonyl (C=O) groups excluding carboxylic acids is 1. The molecule has 1 atom stereocenters. The Kier molecular flexibility index (Phi) is 5.39. The van der Waals surface area contributed by atoms with Gasteiger partial charge in [-0.05, 0) is 73.2 Å². The summed E-state index contributed by atoms with van der Waals surface area (Å²) in [5, 5.41) is 0. The van der Waals surface area contributed by atoms with E-state index in [9.17, 15) is 4.79 Å². The maximum absolute atomic E-state index is 11.5. The Balaban J connectivity index is 1.70. The van der Waals surface area contributed by atoms with Crippen LogP contribution in [0.1, 0.15) is 34.3 Å². The maximum atomic E-state index is 11.5. The molecular weight excluding hydrogens is 316 g/mol. The Labute approximate surface area is 148 Å². The minimum Gasteiger partial charge on any atom is -0.493 e. The predicted octanol–water partition coefficient (Wildman–Crippen LogP) is 4.31. The molecule has 3 rings (SSSR count). The van der Waals surface area contributed by atoms with Crippen molar-refractivity contribution in [1.29, 1.82) is 0 Å². The van der Waals surface area contributed by atoms with E-state index in [0.29, 0.717) is 18.3 Å². The van der Waals surface area contributed by atoms with Gasteiger partial charge >= 0.3 is 5.97 Å². The standard InChI is InChI=1S/C21H24O4/c1-14-11-18(16-6-8-17(9-7-16)21(22)23-3)12-15(2)20(14)24-10-4-5-19-13-25-19/h6-9,11-12,19H,4-5,10,13H2,1-3H3. The van der Waals surface area contributed by atoms with Crippen molar-refractivity contribution in [1.82, 2.24) is 0 Å². The Morgan fingerprint density at radius 3 is 2.32 bits per heavy atom. The van der Waals surface area contributed by atoms with E-state index in [-0.39, 0.29) is 5.97 Å². The topological polar surface area (TPSA) is 48.1 Å². The molecule has 1 saturated heterocycles. The zero-order valence-electron chi connectivity index (χ0n) is 15.0. The number of methoxy groups -OCH3 is 1. The predicted molar refractivity (Wildman–Crippen MR) is 97.2 cm³/mol. The van der Waals surface area contributed by atoms with Crippen LogP contribution < -0.4 is 4.74 Å². The van der Waals surface area contributed by atoms with Gasteiger partial charge in [0.05, 0.1) is 32.0 Å². The molecular formula is C21H24O4. The normalized spacial score (nSPS) is 15.7. The molecule has 1 aliphatic rings. The van der Waals surface area contributed by atoms with Gasteiger partial charge in [0, 0.05) is 0 Å². The molecule has 0 spiro atoms. The minimum absolute atomic E-state index is 0.320. The lowest BCUT2D eigenvalue weighted by atomic mass is 9.99. The number of hydrogen-bond donors (Lipinski definition) is 0. The van der Waals surface area contributed by atoms with Gasteiger partial charge in [-0.15, -0.1) is 0 Å². The second-order valence-corrected chi connectivity index (χ2v) is 6.45. The molecule has 1 unspecified atom stereocenters. The molecule has 0 radical (unpaired) electrons. The highest BCUT2D eigenvalue weighted by molar-refractivity contribution is 5.90. The first-order chi connectivity index (χ1) is 12.1. The number of carbonyl (C=O) groups is 1. The fraction of sp³-hybridized carbons (Fsp3) is 0.381. The molecule has 0 bridgehead atoms. The monoisotopic (exact) mass is 340 g/mol. The van der Waals surface area contributed by atoms with Crippen molar-refractivity contribution < 1.29 is 19.0 Å². The molecule has 4 heteroatoms. The lowest BCUT2D eigenvalue weighted by Gasteiger charge is -2.14. The summed E-state index contributed by atoms with van der Waals surface area (Å²) < 4.78 is 15.9. The summed E-state index contributed by atoms with van der Waals surface area (Å²) in [6.07, 6.45) is 2.55. The van der Waals surface area contributed by atoms with Gasteiger partial charge in [-0.1, -0.05) is 12.1 Å². The number of rotatable bonds is 7. The van der Waals surface area contributed by atoms with Crippen molar-refractivity contribution in [3.63, 3.8) is 0 Å². The Hall–Kier alpha value is -2.33. The summed E-state index contributed by atoms with van der Waals surface area (Å²) in [6.45, 7) is 5.76. The van der Waals surface area contributed by atoms with Crippen molar-refractivity contribution in [2.24, 2.45) is 0 Å². The van der Waals surface area contributed by atoms with E-state index in [1.807, 2.05) is 12.1 Å². The summed E-state index contributed by atoms with van der Waals surface area (Å²) in [5.41, 5.74) is 4.98. The lowest BCUT2D eigenvalue weighted by Crippen LogP contribution is -2.02. The van der Waals surface area contributed by atoms with Crippen LogP contribution in [0.4, 0.5) is 0 Å². The van der Waals surface area contributed by atoms with Gasteiger partial charge in [0.15, 0.2) is 0 Å². The average Bonchev–Trinajstić information content (AvgIpc) is 3.44. The number of epoxide rings is 1. The van der Waals surface area contributed by atoms with Crippen molar-refractivity contribution in [2.45, 2.75) is 32.8 Å². The van der Waals surface area contributed by atoms with Gasteiger partial charge in [-0.3, -0.25) is 0 Å². The van der Waals surface area contributed by atoms with E-state index in [1.165, 1.54) is 7.11 Å². The second kappa shape index (κ2) is 7.70. The van der Waals surface area contributed by atoms with Crippen LogP contribution in [0.5, 0.6) is 5.75 Å². The summed E-state index contributed by atoms with van der Waals surface area (Å²) in [4.78, 5) is 11.5. The number of esters is 1. The van der Waals surface area contributed by atoms with E-state index >= 15 is 0 Å². The first kappa shape index (κ1) is 17.5. The molecule has 2 aromatic rings. The summed E-state index contributed by atoms with van der Waals surface area (Å²) in [5.74, 6) is 0.644. The number of aryl methyl sites for hydroxylation is 2. The molecule has 0 aromatic heterocycles. The van der Waals surface area contributed by atoms with Crippen LogP contribution in [-0.4, -0.2) is 32.4 Å². The molecule has 0 saturated carbocycles. The lowest BCUT2D eigenvalue weighted by molar-refractivity contribution is 0.0601. The van der Waals surface area contributed by atoms with Crippen LogP contribution in [0, 0.1) is 13.8 Å². The summed E-state index contributed by atoms with van der Waals surface area (Å²) >= 11 is 0. The fourth-order valence-corrected chi connectivity index (χ4v) is 2.98. The quantitative estimate of drug-likeness (QED) is 0.428. The smallest absolute Gasteiger partial charge is 0.337 e. The third-order valence-electron chi connectivity index (χ3n) is 4.42. The first-order valence-corrected chi connectivity index (χ1v) is 8.63. The molecule has 25 heavy (non-hydrogen) atoms. The largest absolute Gasteiger partial charge is 0.493 e. The number of ether oxygens (including phenoxy) is 3. The van der Waals surface area contributed by atoms with Crippen molar-refractivity contribution in [3.05, 3.63) is 53.1 Å². The van der Waals surface area contributed by atoms with Crippen LogP contribution in [0.2, 0.25) is 0 Å². The Morgan fingerprint density at radius 1 is 1.12 bits per heavy atom. The highest BCUT2D eigenvalue weighted by atomic mass is 16.6. The highest BCUT2D eigenvalue weighted by Crippen LogP contribution is 2.30. The van der Waals surface area contributed by atoms with Gasteiger partial charge in [0.1, 0.15) is 5.75 Å². The summed E-state index contributed by atoms with van der Waals surface area (Å²) in [6, 6.07) is 11.7. The number of benzene rings is 2. The molecule has 1 fully saturated rings. The zero-order valence-corrected chi connectivity index (χ0v) is 15.0. The van der Waals surface area contributed by atoms with Crippen molar-refractivity contribution >= 4 is 5.97 Å². The van der Waals surface area contributed by atoms with Gasteiger partial charge < -0.3 is 14.2 Å². The minimum atomic E-state index is -0.320. The number of hydrogen-bond acceptors (Lipinski definition) is 4. The first-order valence-electron chi connectivity index (χ1n) is 8.63. The molecule has 0 aliphatic carbocycles. The SMILES string of the molecule is COC(=O)c1ccc(-c2cc(C)c(OCCCC3CO3)c(C)c2)cc1. The van der Waals surface area contributed by atoms with Crippen LogP contribution in [0.25, 0.3) is 11.1 Å². The van der Waals surface area contributed by atoms with E-state index in [0.717, 1.165) is 47.5 Å². The molecule has 1 heterocycles. The molecule has 4 nitrogen and oxygen atoms in total. The third kappa shape index (κ3) is 4.40. The average molecular weight is 340 g/mol. The Morgan fingerprint density at radius 2 is 1.76 bits per heavy atom. The van der Waals surface area contributed by atoms with Crippen molar-refractivity contribution in [2.75, 3.05) is 20.3 Å². The molecule has 0 N–H and O–H groups in total. The van der Waals surface area contributed by atoms with E-state index in [2.05, 4.69) is 26.0 Å². The van der Waals surface area contributed by atoms with Crippen LogP contribution in [-0.2, 0) is 9.47 Å². The van der Waals surface area contributed by atoms with Crippen LogP contribution in [0.15, 0.2) is 36.4 Å². The second-order valence-electron chi connectivity index (χ2n) is 6.45. The fourth-order valence-electron chi connectivity index (χ4n) is 2.98. The molecule has 1 aliphatic heterocycles. The summed E-state index contributed by atoms with van der Waals surface area (Å²) in [7, 11) is 1.39. The maximum Gasteiger partial charge on any atom is 0.337 e. The molecule has 2 aromatic carbocycles.